The van der Waals surface area contributed by atoms with Crippen molar-refractivity contribution in [2.24, 2.45) is 0 Å². The first-order valence-electron chi connectivity index (χ1n) is 7.26. The van der Waals surface area contributed by atoms with Gasteiger partial charge in [-0.05, 0) is 48.9 Å². The second kappa shape index (κ2) is 7.95. The molecule has 0 aliphatic carbocycles. The van der Waals surface area contributed by atoms with Gasteiger partial charge in [-0.25, -0.2) is 4.39 Å². The van der Waals surface area contributed by atoms with Crippen LogP contribution in [0.4, 0.5) is 4.39 Å². The van der Waals surface area contributed by atoms with Crippen molar-refractivity contribution in [1.29, 1.82) is 5.26 Å². The Balaban J connectivity index is 1.77. The average molecular weight is 312 g/mol. The maximum Gasteiger partial charge on any atom is 0.223 e. The van der Waals surface area contributed by atoms with Crippen LogP contribution in [-0.2, 0) is 4.79 Å². The molecule has 0 saturated heterocycles. The topological polar surface area (TPSA) is 62.1 Å². The van der Waals surface area contributed by atoms with E-state index in [0.717, 1.165) is 5.56 Å². The Morgan fingerprint density at radius 1 is 1.22 bits per heavy atom. The molecule has 0 saturated carbocycles. The van der Waals surface area contributed by atoms with Gasteiger partial charge < -0.3 is 10.1 Å². The number of hydrogen-bond donors (Lipinski definition) is 1. The summed E-state index contributed by atoms with van der Waals surface area (Å²) in [6.45, 7) is 2.09. The molecule has 0 fully saturated rings. The number of ether oxygens (including phenoxy) is 1. The fraction of sp³-hybridized carbons (Fsp3) is 0.222. The predicted octanol–water partition coefficient (Wildman–Crippen LogP) is 3.34. The Bertz CT molecular complexity index is 690. The van der Waals surface area contributed by atoms with E-state index in [4.69, 9.17) is 10.00 Å². The van der Waals surface area contributed by atoms with Gasteiger partial charge >= 0.3 is 0 Å². The minimum Gasteiger partial charge on any atom is -0.493 e. The number of amides is 1. The molecule has 4 nitrogen and oxygen atoms in total. The molecule has 2 aromatic rings. The zero-order valence-electron chi connectivity index (χ0n) is 12.8. The maximum absolute atomic E-state index is 12.8. The van der Waals surface area contributed by atoms with Crippen LogP contribution in [0.5, 0.6) is 5.75 Å². The third-order valence-electron chi connectivity index (χ3n) is 3.33. The number of nitrogens with zero attached hydrogens (tertiary/aromatic N) is 1. The maximum atomic E-state index is 12.8. The molecule has 1 amide bonds. The van der Waals surface area contributed by atoms with Crippen LogP contribution >= 0.6 is 0 Å². The van der Waals surface area contributed by atoms with Crippen LogP contribution in [0, 0.1) is 17.1 Å². The van der Waals surface area contributed by atoms with Crippen LogP contribution in [0.15, 0.2) is 48.5 Å². The van der Waals surface area contributed by atoms with Crippen molar-refractivity contribution in [3.8, 4) is 11.8 Å². The zero-order chi connectivity index (χ0) is 16.7. The van der Waals surface area contributed by atoms with Crippen LogP contribution in [0.1, 0.15) is 30.5 Å². The largest absolute Gasteiger partial charge is 0.493 e. The van der Waals surface area contributed by atoms with Gasteiger partial charge in [-0.3, -0.25) is 4.79 Å². The van der Waals surface area contributed by atoms with Gasteiger partial charge in [0.2, 0.25) is 5.91 Å². The first kappa shape index (κ1) is 16.5. The van der Waals surface area contributed by atoms with Crippen molar-refractivity contribution in [2.45, 2.75) is 19.4 Å². The van der Waals surface area contributed by atoms with E-state index in [1.165, 1.54) is 24.3 Å². The van der Waals surface area contributed by atoms with E-state index in [1.807, 2.05) is 19.1 Å². The minimum atomic E-state index is -0.327. The Hall–Kier alpha value is -2.87. The van der Waals surface area contributed by atoms with Gasteiger partial charge in [-0.1, -0.05) is 12.1 Å². The van der Waals surface area contributed by atoms with Gasteiger partial charge in [0.25, 0.3) is 0 Å². The van der Waals surface area contributed by atoms with Crippen molar-refractivity contribution in [3.05, 3.63) is 65.5 Å². The number of halogens is 1. The van der Waals surface area contributed by atoms with Gasteiger partial charge in [0.05, 0.1) is 30.7 Å². The summed E-state index contributed by atoms with van der Waals surface area (Å²) >= 11 is 0. The van der Waals surface area contributed by atoms with E-state index in [-0.39, 0.29) is 30.8 Å². The SMILES string of the molecule is CC(NC(=O)CCOc1ccc(F)cc1)c1ccc(C#N)cc1. The van der Waals surface area contributed by atoms with E-state index < -0.39 is 0 Å². The number of nitriles is 1. The molecule has 118 valence electrons. The number of carbonyl (C=O) groups excluding carboxylic acids is 1. The molecular formula is C18H17FN2O2. The average Bonchev–Trinajstić information content (AvgIpc) is 2.56. The molecule has 2 aromatic carbocycles. The predicted molar refractivity (Wildman–Crippen MR) is 84.2 cm³/mol. The Labute approximate surface area is 134 Å². The highest BCUT2D eigenvalue weighted by molar-refractivity contribution is 5.76. The lowest BCUT2D eigenvalue weighted by molar-refractivity contribution is -0.122. The Morgan fingerprint density at radius 3 is 2.48 bits per heavy atom. The number of carbonyl (C=O) groups is 1. The quantitative estimate of drug-likeness (QED) is 0.890. The highest BCUT2D eigenvalue weighted by atomic mass is 19.1. The van der Waals surface area contributed by atoms with Crippen molar-refractivity contribution in [2.75, 3.05) is 6.61 Å². The van der Waals surface area contributed by atoms with E-state index in [2.05, 4.69) is 11.4 Å². The highest BCUT2D eigenvalue weighted by Crippen LogP contribution is 2.14. The molecule has 0 aliphatic rings. The summed E-state index contributed by atoms with van der Waals surface area (Å²) in [6.07, 6.45) is 0.206. The summed E-state index contributed by atoms with van der Waals surface area (Å²) in [5, 5.41) is 11.6. The van der Waals surface area contributed by atoms with Crippen LogP contribution in [0.2, 0.25) is 0 Å². The van der Waals surface area contributed by atoms with Crippen LogP contribution in [0.25, 0.3) is 0 Å². The van der Waals surface area contributed by atoms with Crippen molar-refractivity contribution in [1.82, 2.24) is 5.32 Å². The van der Waals surface area contributed by atoms with E-state index >= 15 is 0 Å². The third-order valence-corrected chi connectivity index (χ3v) is 3.33. The molecule has 0 aliphatic heterocycles. The summed E-state index contributed by atoms with van der Waals surface area (Å²) in [6, 6.07) is 14.6. The lowest BCUT2D eigenvalue weighted by Crippen LogP contribution is -2.27. The molecule has 5 heteroatoms. The van der Waals surface area contributed by atoms with Crippen molar-refractivity contribution < 1.29 is 13.9 Å². The van der Waals surface area contributed by atoms with Gasteiger partial charge in [0.1, 0.15) is 11.6 Å². The highest BCUT2D eigenvalue weighted by Gasteiger charge is 2.09. The van der Waals surface area contributed by atoms with Gasteiger partial charge in [0.15, 0.2) is 0 Å². The minimum absolute atomic E-state index is 0.135. The summed E-state index contributed by atoms with van der Waals surface area (Å²) in [5.74, 6) is 0.0645. The molecule has 0 heterocycles. The van der Waals surface area contributed by atoms with E-state index in [1.54, 1.807) is 12.1 Å². The molecule has 23 heavy (non-hydrogen) atoms. The normalized spacial score (nSPS) is 11.3. The second-order valence-corrected chi connectivity index (χ2v) is 5.08. The van der Waals surface area contributed by atoms with E-state index in [9.17, 15) is 9.18 Å². The van der Waals surface area contributed by atoms with Gasteiger partial charge in [-0.2, -0.15) is 5.26 Å². The first-order valence-corrected chi connectivity index (χ1v) is 7.26. The van der Waals surface area contributed by atoms with E-state index in [0.29, 0.717) is 11.3 Å². The summed E-state index contributed by atoms with van der Waals surface area (Å²) in [4.78, 5) is 11.9. The Kier molecular flexibility index (Phi) is 5.70. The molecule has 0 aromatic heterocycles. The summed E-state index contributed by atoms with van der Waals surface area (Å²) in [7, 11) is 0. The monoisotopic (exact) mass is 312 g/mol. The Morgan fingerprint density at radius 2 is 1.87 bits per heavy atom. The third kappa shape index (κ3) is 5.11. The molecule has 1 N–H and O–H groups in total. The lowest BCUT2D eigenvalue weighted by Gasteiger charge is -2.14. The fourth-order valence-corrected chi connectivity index (χ4v) is 2.04. The number of rotatable bonds is 6. The van der Waals surface area contributed by atoms with Gasteiger partial charge in [0, 0.05) is 0 Å². The molecule has 0 bridgehead atoms. The fourth-order valence-electron chi connectivity index (χ4n) is 2.04. The molecule has 2 rings (SSSR count). The molecule has 1 unspecified atom stereocenters. The van der Waals surface area contributed by atoms with Crippen LogP contribution < -0.4 is 10.1 Å². The lowest BCUT2D eigenvalue weighted by atomic mass is 10.1. The molecule has 1 atom stereocenters. The molecule has 0 radical (unpaired) electrons. The van der Waals surface area contributed by atoms with Crippen LogP contribution in [-0.4, -0.2) is 12.5 Å². The number of hydrogen-bond acceptors (Lipinski definition) is 3. The zero-order valence-corrected chi connectivity index (χ0v) is 12.8. The standard InChI is InChI=1S/C18H17FN2O2/c1-13(15-4-2-14(12-20)3-5-15)21-18(22)10-11-23-17-8-6-16(19)7-9-17/h2-9,13H,10-11H2,1H3,(H,21,22). The van der Waals surface area contributed by atoms with Crippen LogP contribution in [0.3, 0.4) is 0 Å². The summed E-state index contributed by atoms with van der Waals surface area (Å²) in [5.41, 5.74) is 1.51. The first-order chi connectivity index (χ1) is 11.1. The van der Waals surface area contributed by atoms with Gasteiger partial charge in [-0.15, -0.1) is 0 Å². The molecular weight excluding hydrogens is 295 g/mol. The number of benzene rings is 2. The molecule has 0 spiro atoms. The second-order valence-electron chi connectivity index (χ2n) is 5.08. The summed E-state index contributed by atoms with van der Waals surface area (Å²) < 4.78 is 18.1. The van der Waals surface area contributed by atoms with Crippen molar-refractivity contribution >= 4 is 5.91 Å². The number of nitrogens with one attached hydrogen (secondary N) is 1. The smallest absolute Gasteiger partial charge is 0.223 e. The van der Waals surface area contributed by atoms with Crippen molar-refractivity contribution in [3.63, 3.8) is 0 Å².